The van der Waals surface area contributed by atoms with E-state index in [1.54, 1.807) is 27.7 Å². The summed E-state index contributed by atoms with van der Waals surface area (Å²) in [4.78, 5) is 233. The van der Waals surface area contributed by atoms with Crippen LogP contribution in [0.5, 0.6) is 0 Å². The third-order valence-corrected chi connectivity index (χ3v) is 26.0. The van der Waals surface area contributed by atoms with E-state index in [1.807, 2.05) is 0 Å². The Balaban J connectivity index is 0.000000218. The Kier molecular flexibility index (Phi) is 40.5. The van der Waals surface area contributed by atoms with Crippen LogP contribution in [0.2, 0.25) is 0 Å². The lowest BCUT2D eigenvalue weighted by Crippen LogP contribution is -2.51. The summed E-state index contributed by atoms with van der Waals surface area (Å²) in [6.07, 6.45) is 10.0. The maximum atomic E-state index is 11.9. The van der Waals surface area contributed by atoms with Crippen LogP contribution in [0.4, 0.5) is 0 Å². The molecular weight excluding hydrogens is 1830 g/mol. The van der Waals surface area contributed by atoms with Crippen molar-refractivity contribution in [3.05, 3.63) is 85.1 Å². The van der Waals surface area contributed by atoms with Gasteiger partial charge in [0.15, 0.2) is 25.4 Å². The number of ether oxygens (including phenoxy) is 15. The zero-order valence-corrected chi connectivity index (χ0v) is 78.1. The molecule has 10 aliphatic carbocycles. The second-order valence-corrected chi connectivity index (χ2v) is 36.5. The van der Waals surface area contributed by atoms with E-state index in [-0.39, 0.29) is 114 Å². The lowest BCUT2D eigenvalue weighted by atomic mass is 9.74. The fraction of sp³-hybridized carbons (Fsp3) is 0.632. The molecule has 27 atom stereocenters. The molecule has 6 aliphatic heterocycles. The van der Waals surface area contributed by atoms with Gasteiger partial charge in [0.05, 0.1) is 36.7 Å². The summed E-state index contributed by atoms with van der Waals surface area (Å²) >= 11 is 0. The molecule has 10 bridgehead atoms. The molecule has 0 aromatic heterocycles. The normalized spacial score (nSPS) is 31.2. The van der Waals surface area contributed by atoms with E-state index in [2.05, 4.69) is 55.5 Å². The highest BCUT2D eigenvalue weighted by molar-refractivity contribution is 5.93. The molecule has 27 unspecified atom stereocenters. The summed E-state index contributed by atoms with van der Waals surface area (Å²) in [5, 5.41) is 71.8. The number of aliphatic carboxylic acids is 7. The number of fused-ring (bicyclic) bond motifs is 6. The molecule has 43 nitrogen and oxygen atoms in total. The third-order valence-electron chi connectivity index (χ3n) is 26.0. The summed E-state index contributed by atoms with van der Waals surface area (Å²) in [6.45, 7) is 36.8. The Morgan fingerprint density at radius 3 is 1.03 bits per heavy atom. The molecule has 6 saturated heterocycles. The summed E-state index contributed by atoms with van der Waals surface area (Å²) in [6, 6.07) is 0. The molecule has 16 rings (SSSR count). The predicted molar refractivity (Wildman–Crippen MR) is 445 cm³/mol. The van der Waals surface area contributed by atoms with Crippen molar-refractivity contribution in [3.8, 4) is 0 Å². The number of rotatable bonds is 26. The van der Waals surface area contributed by atoms with Gasteiger partial charge in [0.25, 0.3) is 0 Å². The van der Waals surface area contributed by atoms with Crippen molar-refractivity contribution in [3.63, 3.8) is 0 Å². The average molecular weight is 1940 g/mol. The molecule has 10 saturated carbocycles. The van der Waals surface area contributed by atoms with Gasteiger partial charge in [-0.1, -0.05) is 52.5 Å². The average Bonchev–Trinajstić information content (AvgIpc) is 1.57. The molecule has 138 heavy (non-hydrogen) atoms. The second kappa shape index (κ2) is 49.9. The first-order valence-corrected chi connectivity index (χ1v) is 44.9. The number of esters is 14. The largest absolute Gasteiger partial charge is 0.550 e. The summed E-state index contributed by atoms with van der Waals surface area (Å²) in [5.74, 6) is -24.1. The zero-order chi connectivity index (χ0) is 103. The van der Waals surface area contributed by atoms with Crippen molar-refractivity contribution < 1.29 is 207 Å². The first-order valence-electron chi connectivity index (χ1n) is 44.9. The van der Waals surface area contributed by atoms with Crippen LogP contribution in [0.25, 0.3) is 0 Å². The molecule has 760 valence electrons. The first kappa shape index (κ1) is 112. The van der Waals surface area contributed by atoms with Crippen LogP contribution in [-0.2, 0) is 172 Å². The molecular formula is C95H115O43-7. The Hall–Kier alpha value is -13.0. The van der Waals surface area contributed by atoms with Crippen LogP contribution in [0.3, 0.4) is 0 Å². The van der Waals surface area contributed by atoms with Gasteiger partial charge >= 0.3 is 83.6 Å². The third kappa shape index (κ3) is 28.8. The van der Waals surface area contributed by atoms with Crippen molar-refractivity contribution >= 4 is 125 Å². The highest BCUT2D eigenvalue weighted by Gasteiger charge is 2.72. The van der Waals surface area contributed by atoms with Gasteiger partial charge in [-0.05, 0) is 183 Å². The second-order valence-electron chi connectivity index (χ2n) is 36.5. The lowest BCUT2D eigenvalue weighted by molar-refractivity contribution is -0.316. The van der Waals surface area contributed by atoms with Crippen LogP contribution in [0.15, 0.2) is 85.1 Å². The van der Waals surface area contributed by atoms with Gasteiger partial charge in [0.1, 0.15) is 67.6 Å². The molecule has 16 aliphatic rings. The van der Waals surface area contributed by atoms with Gasteiger partial charge in [-0.15, -0.1) is 0 Å². The molecule has 0 aromatic carbocycles. The SMILES string of the molecule is C=C(C)C(=O)OC1CC2CCC1C2.C=C(C)C(=O)OC1CCCC1.C=C(C)C(=O)OC1CCCCC1.C=C(C)C(=O)OCC(=O)OC1C2CC3C1OC(=O)C3C2C(=O)[O-].C=C(C)C(=O)OCC(=O)OC1C2OC(=O)C3C2OC1C3C(=O)[O-].C=C(C)C(=O)OCC1C2CC3C1OC(=O)C3C2C(=O)[O-].C=C(C)C(=O)OCCC(=O)OC1C2CC3C1OC(=O)C3C2C(=O)[O-].CC(=O)[O-].CC(=O)[O-].CC(=O)[O-]. The minimum atomic E-state index is -1.46. The van der Waals surface area contributed by atoms with Gasteiger partial charge in [-0.25, -0.2) is 43.2 Å². The van der Waals surface area contributed by atoms with Crippen LogP contribution >= 0.6 is 0 Å². The Morgan fingerprint density at radius 2 is 0.645 bits per heavy atom. The zero-order valence-electron chi connectivity index (χ0n) is 78.1. The number of carbonyl (C=O) groups is 21. The van der Waals surface area contributed by atoms with Crippen LogP contribution < -0.4 is 35.7 Å². The lowest BCUT2D eigenvalue weighted by Gasteiger charge is -2.31. The van der Waals surface area contributed by atoms with E-state index in [4.69, 9.17) is 91.3 Å². The fourth-order valence-electron chi connectivity index (χ4n) is 20.4. The summed E-state index contributed by atoms with van der Waals surface area (Å²) in [7, 11) is 0. The van der Waals surface area contributed by atoms with Crippen LogP contribution in [-0.4, -0.2) is 225 Å². The molecule has 0 radical (unpaired) electrons. The molecule has 0 aromatic rings. The molecule has 0 amide bonds. The maximum absolute atomic E-state index is 11.9. The van der Waals surface area contributed by atoms with Gasteiger partial charge < -0.3 is 140 Å². The number of carboxylic acid groups (broad SMARTS) is 7. The Labute approximate surface area is 793 Å². The van der Waals surface area contributed by atoms with Crippen LogP contribution in [0, 0.1) is 101 Å². The first-order chi connectivity index (χ1) is 64.6. The van der Waals surface area contributed by atoms with E-state index < -0.39 is 229 Å². The number of hydrogen-bond acceptors (Lipinski definition) is 43. The van der Waals surface area contributed by atoms with Crippen molar-refractivity contribution in [2.45, 2.75) is 252 Å². The van der Waals surface area contributed by atoms with Crippen molar-refractivity contribution in [1.82, 2.24) is 0 Å². The van der Waals surface area contributed by atoms with Gasteiger partial charge in [-0.2, -0.15) is 0 Å². The number of hydrogen-bond donors (Lipinski definition) is 0. The highest BCUT2D eigenvalue weighted by atomic mass is 16.7. The van der Waals surface area contributed by atoms with Gasteiger partial charge in [-0.3, -0.25) is 24.0 Å². The number of carbonyl (C=O) groups excluding carboxylic acids is 21. The Bertz CT molecular complexity index is 4620. The quantitative estimate of drug-likeness (QED) is 0.0494. The van der Waals surface area contributed by atoms with E-state index in [0.29, 0.717) is 41.9 Å². The summed E-state index contributed by atoms with van der Waals surface area (Å²) in [5.41, 5.74) is 2.27. The van der Waals surface area contributed by atoms with E-state index >= 15 is 0 Å². The monoisotopic (exact) mass is 1940 g/mol. The van der Waals surface area contributed by atoms with Crippen LogP contribution in [0.1, 0.15) is 178 Å². The van der Waals surface area contributed by atoms with Gasteiger partial charge in [0.2, 0.25) is 0 Å². The minimum Gasteiger partial charge on any atom is -0.550 e. The fourth-order valence-corrected chi connectivity index (χ4v) is 20.4. The van der Waals surface area contributed by atoms with Crippen molar-refractivity contribution in [2.24, 2.45) is 101 Å². The molecule has 0 N–H and O–H groups in total. The molecule has 0 spiro atoms. The minimum absolute atomic E-state index is 0.0569. The predicted octanol–water partition coefficient (Wildman–Crippen LogP) is -2.43. The standard InChI is InChI=1S/C16H18O8.C15H16O8.C14H14O9.C14H16O6.C11H16O2.C10H16O2.C9H14O2.3C2H4O2/c1-6(2)15(20)22-4-3-9(17)23-12-7-5-8-11(10(7)14(18)19)16(21)24-13(8)12;1-5(2)14(19)21-4-8(16)22-11-6-3-7-10(9(6)13(17)18)15(20)23-12(7)11;1-4(2)13(18)20-3-5(15)21-10-8-6(12(16)17)7-9(22-8)11(10)23-14(7)19;1-5(2)13(17)19-4-8-6-3-7-10(9(6)12(15)16)14(18)20-11(7)8;1-7(2)11(12)13-10-6-8-3-4-9(10)5-8;1-8(2)10(11)12-9-6-4-3-5-7-9;1-7(2)9(10)11-8-5-3-4-6-8;3*1-2(3)4/h7-8,10-13H,1,3-5H2,2H3,(H,18,19);6-7,9-12H,1,3-4H2,2H3,(H,17,18);6-11H,1,3H2,2H3,(H,16,17);6-11H,1,3-4H2,2H3,(H,15,16);8-10H,1,3-6H2,2H3;9H,1,3-7H2,2H3;8H,1,3-6H2,2H3;3*1H3,(H,3,4)/p-7. The highest BCUT2D eigenvalue weighted by Crippen LogP contribution is 2.62. The Morgan fingerprint density at radius 1 is 0.312 bits per heavy atom. The van der Waals surface area contributed by atoms with E-state index in [0.717, 1.165) is 58.8 Å². The summed E-state index contributed by atoms with van der Waals surface area (Å²) < 4.78 is 76.7. The topological polar surface area (TPSA) is 658 Å². The molecule has 6 heterocycles. The van der Waals surface area contributed by atoms with Gasteiger partial charge in [0, 0.05) is 140 Å². The molecule has 43 heteroatoms. The van der Waals surface area contributed by atoms with E-state index in [1.165, 1.54) is 72.1 Å². The molecule has 16 fully saturated rings. The maximum Gasteiger partial charge on any atom is 0.344 e. The number of carboxylic acids is 7. The van der Waals surface area contributed by atoms with Crippen molar-refractivity contribution in [2.75, 3.05) is 26.4 Å². The smallest absolute Gasteiger partial charge is 0.344 e. The van der Waals surface area contributed by atoms with E-state index in [9.17, 15) is 107 Å². The van der Waals surface area contributed by atoms with Crippen molar-refractivity contribution in [1.29, 1.82) is 0 Å².